The van der Waals surface area contributed by atoms with Gasteiger partial charge in [0.25, 0.3) is 5.91 Å². The Bertz CT molecular complexity index is 476. The number of nitrogens with zero attached hydrogens (tertiary/aromatic N) is 1. The Balaban J connectivity index is 2.35. The molecule has 2 N–H and O–H groups in total. The third kappa shape index (κ3) is 2.18. The van der Waals surface area contributed by atoms with E-state index < -0.39 is 0 Å². The molecular formula is C14H17NO3. The van der Waals surface area contributed by atoms with Crippen LogP contribution in [0.3, 0.4) is 0 Å². The van der Waals surface area contributed by atoms with Crippen molar-refractivity contribution in [3.8, 4) is 11.5 Å². The van der Waals surface area contributed by atoms with E-state index >= 15 is 0 Å². The Morgan fingerprint density at radius 2 is 2.00 bits per heavy atom. The zero-order valence-corrected chi connectivity index (χ0v) is 10.2. The summed E-state index contributed by atoms with van der Waals surface area (Å²) in [5.41, 5.74) is 0.613. The summed E-state index contributed by atoms with van der Waals surface area (Å²) in [6, 6.07) is 2.92. The fraction of sp³-hybridized carbons (Fsp3) is 0.357. The minimum absolute atomic E-state index is 0.00891. The molecule has 0 aromatic heterocycles. The molecule has 0 unspecified atom stereocenters. The summed E-state index contributed by atoms with van der Waals surface area (Å²) in [5, 5.41) is 19.7. The van der Waals surface area contributed by atoms with Crippen molar-refractivity contribution in [1.82, 2.24) is 4.90 Å². The Kier molecular flexibility index (Phi) is 3.55. The summed E-state index contributed by atoms with van der Waals surface area (Å²) in [6.45, 7) is 5.04. The predicted molar refractivity (Wildman–Crippen MR) is 68.8 cm³/mol. The van der Waals surface area contributed by atoms with Crippen LogP contribution in [0.1, 0.15) is 28.8 Å². The maximum atomic E-state index is 12.2. The van der Waals surface area contributed by atoms with Gasteiger partial charge in [-0.15, -0.1) is 6.58 Å². The van der Waals surface area contributed by atoms with Crippen molar-refractivity contribution in [2.24, 2.45) is 0 Å². The molecule has 1 aliphatic rings. The average Bonchev–Trinajstić information content (AvgIpc) is 2.87. The Morgan fingerprint density at radius 1 is 1.33 bits per heavy atom. The number of aromatic hydroxyl groups is 2. The molecule has 0 bridgehead atoms. The first-order valence-electron chi connectivity index (χ1n) is 6.09. The second-order valence-corrected chi connectivity index (χ2v) is 4.45. The van der Waals surface area contributed by atoms with Crippen LogP contribution >= 0.6 is 0 Å². The number of amides is 1. The van der Waals surface area contributed by atoms with Crippen molar-refractivity contribution in [2.75, 3.05) is 13.1 Å². The van der Waals surface area contributed by atoms with Crippen LogP contribution in [0.2, 0.25) is 0 Å². The largest absolute Gasteiger partial charge is 0.508 e. The number of hydrogen-bond acceptors (Lipinski definition) is 3. The molecule has 1 amide bonds. The van der Waals surface area contributed by atoms with Crippen LogP contribution in [0.15, 0.2) is 24.8 Å². The van der Waals surface area contributed by atoms with E-state index in [-0.39, 0.29) is 23.0 Å². The van der Waals surface area contributed by atoms with E-state index in [1.165, 1.54) is 12.1 Å². The third-order valence-electron chi connectivity index (χ3n) is 3.23. The van der Waals surface area contributed by atoms with E-state index in [4.69, 9.17) is 0 Å². The molecule has 18 heavy (non-hydrogen) atoms. The Labute approximate surface area is 106 Å². The fourth-order valence-electron chi connectivity index (χ4n) is 2.23. The van der Waals surface area contributed by atoms with Gasteiger partial charge in [0.05, 0.1) is 5.56 Å². The van der Waals surface area contributed by atoms with Gasteiger partial charge in [0.15, 0.2) is 0 Å². The van der Waals surface area contributed by atoms with Crippen LogP contribution < -0.4 is 0 Å². The number of phenolic OH excluding ortho intramolecular Hbond substituents is 2. The SMILES string of the molecule is C=CCc1c(O)ccc(C(=O)N2CCCC2)c1O. The van der Waals surface area contributed by atoms with Crippen molar-refractivity contribution in [3.05, 3.63) is 35.9 Å². The zero-order valence-electron chi connectivity index (χ0n) is 10.2. The lowest BCUT2D eigenvalue weighted by Crippen LogP contribution is -2.27. The standard InChI is InChI=1S/C14H17NO3/c1-2-5-10-12(16)7-6-11(13(10)17)14(18)15-8-3-4-9-15/h2,6-7,16-17H,1,3-5,8-9H2. The van der Waals surface area contributed by atoms with Crippen molar-refractivity contribution in [2.45, 2.75) is 19.3 Å². The van der Waals surface area contributed by atoms with E-state index in [1.54, 1.807) is 11.0 Å². The molecule has 1 aliphatic heterocycles. The topological polar surface area (TPSA) is 60.8 Å². The Morgan fingerprint density at radius 3 is 2.61 bits per heavy atom. The molecule has 1 fully saturated rings. The number of carbonyl (C=O) groups excluding carboxylic acids is 1. The molecule has 4 nitrogen and oxygen atoms in total. The summed E-state index contributed by atoms with van der Waals surface area (Å²) < 4.78 is 0. The molecular weight excluding hydrogens is 230 g/mol. The lowest BCUT2D eigenvalue weighted by atomic mass is 10.0. The first-order valence-corrected chi connectivity index (χ1v) is 6.09. The van der Waals surface area contributed by atoms with E-state index in [0.717, 1.165) is 25.9 Å². The molecule has 1 saturated heterocycles. The minimum Gasteiger partial charge on any atom is -0.508 e. The number of phenols is 2. The minimum atomic E-state index is -0.171. The first kappa shape index (κ1) is 12.5. The fourth-order valence-corrected chi connectivity index (χ4v) is 2.23. The van der Waals surface area contributed by atoms with E-state index in [0.29, 0.717) is 12.0 Å². The third-order valence-corrected chi connectivity index (χ3v) is 3.23. The highest BCUT2D eigenvalue weighted by molar-refractivity contribution is 5.97. The highest BCUT2D eigenvalue weighted by Crippen LogP contribution is 2.32. The molecule has 0 radical (unpaired) electrons. The van der Waals surface area contributed by atoms with Gasteiger partial charge in [0.2, 0.25) is 0 Å². The van der Waals surface area contributed by atoms with Crippen LogP contribution in [-0.2, 0) is 6.42 Å². The normalized spacial score (nSPS) is 14.8. The van der Waals surface area contributed by atoms with Gasteiger partial charge >= 0.3 is 0 Å². The molecule has 96 valence electrons. The maximum Gasteiger partial charge on any atom is 0.257 e. The maximum absolute atomic E-state index is 12.2. The summed E-state index contributed by atoms with van der Waals surface area (Å²) >= 11 is 0. The van der Waals surface area contributed by atoms with E-state index in [2.05, 4.69) is 6.58 Å². The first-order chi connectivity index (χ1) is 8.65. The monoisotopic (exact) mass is 247 g/mol. The van der Waals surface area contributed by atoms with Gasteiger partial charge in [0.1, 0.15) is 11.5 Å². The quantitative estimate of drug-likeness (QED) is 0.804. The average molecular weight is 247 g/mol. The Hall–Kier alpha value is -1.97. The lowest BCUT2D eigenvalue weighted by molar-refractivity contribution is 0.0789. The van der Waals surface area contributed by atoms with E-state index in [9.17, 15) is 15.0 Å². The van der Waals surface area contributed by atoms with Crippen molar-refractivity contribution >= 4 is 5.91 Å². The number of benzene rings is 1. The highest BCUT2D eigenvalue weighted by Gasteiger charge is 2.23. The van der Waals surface area contributed by atoms with Crippen molar-refractivity contribution in [1.29, 1.82) is 0 Å². The number of rotatable bonds is 3. The molecule has 0 spiro atoms. The van der Waals surface area contributed by atoms with Gasteiger partial charge in [-0.1, -0.05) is 6.08 Å². The van der Waals surface area contributed by atoms with Gasteiger partial charge < -0.3 is 15.1 Å². The van der Waals surface area contributed by atoms with Crippen LogP contribution in [0.5, 0.6) is 11.5 Å². The van der Waals surface area contributed by atoms with Gasteiger partial charge in [-0.3, -0.25) is 4.79 Å². The zero-order chi connectivity index (χ0) is 13.1. The van der Waals surface area contributed by atoms with Crippen LogP contribution in [0.4, 0.5) is 0 Å². The molecule has 1 aromatic carbocycles. The van der Waals surface area contributed by atoms with Gasteiger partial charge in [-0.2, -0.15) is 0 Å². The van der Waals surface area contributed by atoms with Crippen LogP contribution in [-0.4, -0.2) is 34.1 Å². The van der Waals surface area contributed by atoms with E-state index in [1.807, 2.05) is 0 Å². The summed E-state index contributed by atoms with van der Waals surface area (Å²) in [4.78, 5) is 13.9. The second-order valence-electron chi connectivity index (χ2n) is 4.45. The summed E-state index contributed by atoms with van der Waals surface area (Å²) in [7, 11) is 0. The van der Waals surface area contributed by atoms with Crippen LogP contribution in [0, 0.1) is 0 Å². The predicted octanol–water partition coefficient (Wildman–Crippen LogP) is 2.06. The molecule has 1 heterocycles. The highest BCUT2D eigenvalue weighted by atomic mass is 16.3. The van der Waals surface area contributed by atoms with Gasteiger partial charge in [-0.05, 0) is 31.4 Å². The second kappa shape index (κ2) is 5.12. The molecule has 0 aliphatic carbocycles. The molecule has 0 saturated carbocycles. The van der Waals surface area contributed by atoms with Crippen LogP contribution in [0.25, 0.3) is 0 Å². The number of hydrogen-bond donors (Lipinski definition) is 2. The van der Waals surface area contributed by atoms with Gasteiger partial charge in [0, 0.05) is 18.7 Å². The molecule has 2 rings (SSSR count). The smallest absolute Gasteiger partial charge is 0.257 e. The van der Waals surface area contributed by atoms with Crippen molar-refractivity contribution < 1.29 is 15.0 Å². The molecule has 0 atom stereocenters. The summed E-state index contributed by atoms with van der Waals surface area (Å²) in [6.07, 6.45) is 3.92. The number of carbonyl (C=O) groups is 1. The van der Waals surface area contributed by atoms with Gasteiger partial charge in [-0.25, -0.2) is 0 Å². The van der Waals surface area contributed by atoms with Crippen molar-refractivity contribution in [3.63, 3.8) is 0 Å². The number of allylic oxidation sites excluding steroid dienone is 1. The molecule has 4 heteroatoms. The molecule has 1 aromatic rings. The lowest BCUT2D eigenvalue weighted by Gasteiger charge is -2.17. The summed E-state index contributed by atoms with van der Waals surface area (Å²) in [5.74, 6) is -0.313. The number of likely N-dealkylation sites (tertiary alicyclic amines) is 1.